The average Bonchev–Trinajstić information content (AvgIpc) is 2.56. The fourth-order valence-corrected chi connectivity index (χ4v) is 3.15. The Morgan fingerprint density at radius 3 is 2.64 bits per heavy atom. The van der Waals surface area contributed by atoms with Crippen LogP contribution in [-0.4, -0.2) is 20.7 Å². The van der Waals surface area contributed by atoms with Gasteiger partial charge < -0.3 is 5.73 Å². The summed E-state index contributed by atoms with van der Waals surface area (Å²) >= 11 is 0.932. The summed E-state index contributed by atoms with van der Waals surface area (Å²) in [6.45, 7) is 1.56. The topological polar surface area (TPSA) is 78.0 Å². The molecule has 0 aliphatic rings. The number of amides is 1. The summed E-state index contributed by atoms with van der Waals surface area (Å²) in [7, 11) is 0. The fraction of sp³-hybridized carbons (Fsp3) is 0.118. The van der Waals surface area contributed by atoms with Gasteiger partial charge in [-0.25, -0.2) is 13.8 Å². The third-order valence-corrected chi connectivity index (χ3v) is 4.65. The van der Waals surface area contributed by atoms with Crippen LogP contribution in [0.1, 0.15) is 6.92 Å². The van der Waals surface area contributed by atoms with E-state index in [1.807, 2.05) is 0 Å². The van der Waals surface area contributed by atoms with E-state index >= 15 is 0 Å². The summed E-state index contributed by atoms with van der Waals surface area (Å²) in [5.74, 6) is -2.27. The average molecular weight is 361 g/mol. The fourth-order valence-electron chi connectivity index (χ4n) is 2.28. The Morgan fingerprint density at radius 2 is 1.96 bits per heavy atom. The number of aromatic nitrogens is 2. The quantitative estimate of drug-likeness (QED) is 0.572. The predicted octanol–water partition coefficient (Wildman–Crippen LogP) is 2.63. The van der Waals surface area contributed by atoms with Crippen molar-refractivity contribution in [3.63, 3.8) is 0 Å². The first-order chi connectivity index (χ1) is 11.9. The molecule has 0 radical (unpaired) electrons. The minimum absolute atomic E-state index is 0.0977. The van der Waals surface area contributed by atoms with Crippen molar-refractivity contribution in [2.45, 2.75) is 17.3 Å². The number of nitrogens with two attached hydrogens (primary N) is 1. The third kappa shape index (κ3) is 3.25. The second kappa shape index (κ2) is 6.64. The van der Waals surface area contributed by atoms with E-state index in [0.29, 0.717) is 11.6 Å². The van der Waals surface area contributed by atoms with Gasteiger partial charge in [-0.3, -0.25) is 14.2 Å². The van der Waals surface area contributed by atoms with Crippen LogP contribution in [0.4, 0.5) is 8.78 Å². The van der Waals surface area contributed by atoms with Crippen molar-refractivity contribution in [3.05, 3.63) is 64.5 Å². The molecule has 0 unspecified atom stereocenters. The van der Waals surface area contributed by atoms with Crippen LogP contribution in [0.3, 0.4) is 0 Å². The summed E-state index contributed by atoms with van der Waals surface area (Å²) in [6.07, 6.45) is 0. The minimum Gasteiger partial charge on any atom is -0.369 e. The summed E-state index contributed by atoms with van der Waals surface area (Å²) in [5, 5.41) is -0.314. The molecule has 3 aromatic rings. The molecule has 0 aliphatic carbocycles. The third-order valence-electron chi connectivity index (χ3n) is 3.58. The first-order valence-electron chi connectivity index (χ1n) is 7.31. The van der Waals surface area contributed by atoms with E-state index in [2.05, 4.69) is 4.98 Å². The summed E-state index contributed by atoms with van der Waals surface area (Å²) in [5.41, 5.74) is 5.01. The van der Waals surface area contributed by atoms with Crippen LogP contribution in [0, 0.1) is 11.6 Å². The highest BCUT2D eigenvalue weighted by molar-refractivity contribution is 8.00. The van der Waals surface area contributed by atoms with Crippen molar-refractivity contribution in [1.29, 1.82) is 0 Å². The van der Waals surface area contributed by atoms with Gasteiger partial charge in [-0.05, 0) is 31.2 Å². The molecule has 128 valence electrons. The van der Waals surface area contributed by atoms with Gasteiger partial charge in [-0.2, -0.15) is 0 Å². The summed E-state index contributed by atoms with van der Waals surface area (Å²) < 4.78 is 28.5. The van der Waals surface area contributed by atoms with Crippen molar-refractivity contribution in [3.8, 4) is 5.69 Å². The molecule has 0 spiro atoms. The van der Waals surface area contributed by atoms with Gasteiger partial charge in [0, 0.05) is 6.07 Å². The molecule has 5 nitrogen and oxygen atoms in total. The van der Waals surface area contributed by atoms with Gasteiger partial charge in [0.2, 0.25) is 5.91 Å². The Kier molecular flexibility index (Phi) is 4.54. The van der Waals surface area contributed by atoms with Gasteiger partial charge in [0.05, 0.1) is 21.8 Å². The van der Waals surface area contributed by atoms with Crippen molar-refractivity contribution >= 4 is 28.6 Å². The van der Waals surface area contributed by atoms with Gasteiger partial charge in [0.25, 0.3) is 5.56 Å². The zero-order chi connectivity index (χ0) is 18.1. The van der Waals surface area contributed by atoms with Crippen LogP contribution in [0.2, 0.25) is 0 Å². The molecule has 1 atom stereocenters. The van der Waals surface area contributed by atoms with Crippen molar-refractivity contribution in [1.82, 2.24) is 9.55 Å². The maximum Gasteiger partial charge on any atom is 0.266 e. The Balaban J connectivity index is 2.32. The van der Waals surface area contributed by atoms with Gasteiger partial charge in [0.15, 0.2) is 5.16 Å². The number of para-hydroxylation sites is 1. The summed E-state index contributed by atoms with van der Waals surface area (Å²) in [4.78, 5) is 28.6. The number of hydrogen-bond acceptors (Lipinski definition) is 4. The minimum atomic E-state index is -0.909. The second-order valence-electron chi connectivity index (χ2n) is 5.31. The van der Waals surface area contributed by atoms with Gasteiger partial charge >= 0.3 is 0 Å². The first-order valence-corrected chi connectivity index (χ1v) is 8.19. The highest BCUT2D eigenvalue weighted by Gasteiger charge is 2.20. The Labute approximate surface area is 145 Å². The van der Waals surface area contributed by atoms with Crippen LogP contribution in [-0.2, 0) is 4.79 Å². The van der Waals surface area contributed by atoms with Crippen LogP contribution in [0.25, 0.3) is 16.6 Å². The van der Waals surface area contributed by atoms with Gasteiger partial charge in [-0.1, -0.05) is 23.9 Å². The number of benzene rings is 2. The molecule has 1 heterocycles. The molecule has 0 aliphatic heterocycles. The SMILES string of the molecule is C[C@H](Sc1nc2ccccc2c(=O)n1-c1ccc(F)cc1F)C(N)=O. The first kappa shape index (κ1) is 17.1. The molecular formula is C17H13F2N3O2S. The van der Waals surface area contributed by atoms with E-state index in [1.54, 1.807) is 31.2 Å². The maximum absolute atomic E-state index is 14.3. The smallest absolute Gasteiger partial charge is 0.266 e. The van der Waals surface area contributed by atoms with Crippen LogP contribution >= 0.6 is 11.8 Å². The molecule has 8 heteroatoms. The Morgan fingerprint density at radius 1 is 1.24 bits per heavy atom. The Hall–Kier alpha value is -2.74. The maximum atomic E-state index is 14.3. The molecular weight excluding hydrogens is 348 g/mol. The van der Waals surface area contributed by atoms with E-state index in [1.165, 1.54) is 0 Å². The largest absolute Gasteiger partial charge is 0.369 e. The lowest BCUT2D eigenvalue weighted by atomic mass is 10.2. The van der Waals surface area contributed by atoms with Gasteiger partial charge in [-0.15, -0.1) is 0 Å². The van der Waals surface area contributed by atoms with Crippen LogP contribution < -0.4 is 11.3 Å². The molecule has 2 aromatic carbocycles. The molecule has 0 saturated heterocycles. The highest BCUT2D eigenvalue weighted by atomic mass is 32.2. The molecule has 3 rings (SSSR count). The van der Waals surface area contributed by atoms with E-state index < -0.39 is 28.4 Å². The number of carbonyl (C=O) groups is 1. The summed E-state index contributed by atoms with van der Waals surface area (Å²) in [6, 6.07) is 9.46. The van der Waals surface area contributed by atoms with E-state index in [0.717, 1.165) is 28.5 Å². The number of carbonyl (C=O) groups excluding carboxylic acids is 1. The van der Waals surface area contributed by atoms with E-state index in [9.17, 15) is 18.4 Å². The number of primary amides is 1. The normalized spacial score (nSPS) is 12.3. The zero-order valence-corrected chi connectivity index (χ0v) is 13.9. The molecule has 25 heavy (non-hydrogen) atoms. The van der Waals surface area contributed by atoms with Crippen molar-refractivity contribution < 1.29 is 13.6 Å². The van der Waals surface area contributed by atoms with Crippen LogP contribution in [0.15, 0.2) is 52.4 Å². The lowest BCUT2D eigenvalue weighted by molar-refractivity contribution is -0.117. The lowest BCUT2D eigenvalue weighted by Gasteiger charge is -2.15. The lowest BCUT2D eigenvalue weighted by Crippen LogP contribution is -2.27. The van der Waals surface area contributed by atoms with Crippen LogP contribution in [0.5, 0.6) is 0 Å². The predicted molar refractivity (Wildman–Crippen MR) is 91.8 cm³/mol. The monoisotopic (exact) mass is 361 g/mol. The highest BCUT2D eigenvalue weighted by Crippen LogP contribution is 2.26. The molecule has 0 fully saturated rings. The molecule has 0 bridgehead atoms. The van der Waals surface area contributed by atoms with Crippen molar-refractivity contribution in [2.24, 2.45) is 5.73 Å². The molecule has 0 saturated carbocycles. The molecule has 2 N–H and O–H groups in total. The number of rotatable bonds is 4. The Bertz CT molecular complexity index is 1040. The number of nitrogens with zero attached hydrogens (tertiary/aromatic N) is 2. The van der Waals surface area contributed by atoms with Gasteiger partial charge in [0.1, 0.15) is 11.6 Å². The number of halogens is 2. The molecule has 1 amide bonds. The molecule has 1 aromatic heterocycles. The van der Waals surface area contributed by atoms with E-state index in [-0.39, 0.29) is 16.2 Å². The second-order valence-corrected chi connectivity index (χ2v) is 6.62. The zero-order valence-electron chi connectivity index (χ0n) is 13.1. The van der Waals surface area contributed by atoms with E-state index in [4.69, 9.17) is 5.73 Å². The number of hydrogen-bond donors (Lipinski definition) is 1. The standard InChI is InChI=1S/C17H13F2N3O2S/c1-9(15(20)23)25-17-21-13-5-3-2-4-11(13)16(24)22(17)14-7-6-10(18)8-12(14)19/h2-9H,1H3,(H2,20,23)/t9-/m0/s1. The van der Waals surface area contributed by atoms with Crippen molar-refractivity contribution in [2.75, 3.05) is 0 Å². The number of fused-ring (bicyclic) bond motifs is 1. The number of thioether (sulfide) groups is 1.